The van der Waals surface area contributed by atoms with E-state index in [-0.39, 0.29) is 0 Å². The Kier molecular flexibility index (Phi) is 2.75. The van der Waals surface area contributed by atoms with E-state index in [1.807, 2.05) is 12.4 Å². The van der Waals surface area contributed by atoms with Gasteiger partial charge in [-0.3, -0.25) is 5.10 Å². The molecule has 0 aromatic carbocycles. The molecule has 3 nitrogen and oxygen atoms in total. The van der Waals surface area contributed by atoms with Gasteiger partial charge in [0.25, 0.3) is 0 Å². The van der Waals surface area contributed by atoms with Crippen LogP contribution in [0.15, 0.2) is 12.4 Å². The minimum Gasteiger partial charge on any atom is -0.380 e. The quantitative estimate of drug-likeness (QED) is 0.758. The van der Waals surface area contributed by atoms with Crippen molar-refractivity contribution in [2.45, 2.75) is 39.2 Å². The Balaban J connectivity index is 1.95. The summed E-state index contributed by atoms with van der Waals surface area (Å²) in [5.74, 6) is 1.64. The molecule has 1 fully saturated rings. The van der Waals surface area contributed by atoms with Gasteiger partial charge in [0.15, 0.2) is 0 Å². The minimum atomic E-state index is 0.622. The van der Waals surface area contributed by atoms with Crippen molar-refractivity contribution in [1.29, 1.82) is 0 Å². The molecule has 0 spiro atoms. The molecule has 14 heavy (non-hydrogen) atoms. The van der Waals surface area contributed by atoms with Crippen LogP contribution < -0.4 is 5.32 Å². The number of hydrogen-bond donors (Lipinski definition) is 2. The Bertz CT molecular complexity index is 268. The molecule has 1 heterocycles. The summed E-state index contributed by atoms with van der Waals surface area (Å²) in [7, 11) is 0. The number of hydrogen-bond acceptors (Lipinski definition) is 2. The smallest absolute Gasteiger partial charge is 0.0726 e. The summed E-state index contributed by atoms with van der Waals surface area (Å²) >= 11 is 0. The molecule has 0 saturated heterocycles. The van der Waals surface area contributed by atoms with Crippen LogP contribution in [0.25, 0.3) is 0 Å². The number of rotatable bonds is 2. The summed E-state index contributed by atoms with van der Waals surface area (Å²) < 4.78 is 0. The summed E-state index contributed by atoms with van der Waals surface area (Å²) in [5, 5.41) is 10.3. The van der Waals surface area contributed by atoms with E-state index in [9.17, 15) is 0 Å². The van der Waals surface area contributed by atoms with Gasteiger partial charge in [-0.25, -0.2) is 0 Å². The third-order valence-electron chi connectivity index (χ3n) is 3.31. The van der Waals surface area contributed by atoms with Gasteiger partial charge in [0, 0.05) is 12.2 Å². The molecule has 1 aliphatic rings. The highest BCUT2D eigenvalue weighted by Crippen LogP contribution is 2.30. The van der Waals surface area contributed by atoms with E-state index >= 15 is 0 Å². The third-order valence-corrected chi connectivity index (χ3v) is 3.31. The highest BCUT2D eigenvalue weighted by Gasteiger charge is 2.25. The lowest BCUT2D eigenvalue weighted by atomic mass is 9.80. The maximum Gasteiger partial charge on any atom is 0.0726 e. The van der Waals surface area contributed by atoms with Gasteiger partial charge in [-0.1, -0.05) is 20.3 Å². The topological polar surface area (TPSA) is 40.7 Å². The van der Waals surface area contributed by atoms with Crippen molar-refractivity contribution >= 4 is 5.69 Å². The van der Waals surface area contributed by atoms with Gasteiger partial charge in [0.05, 0.1) is 11.9 Å². The van der Waals surface area contributed by atoms with Crippen LogP contribution in [-0.2, 0) is 0 Å². The number of nitrogens with zero attached hydrogens (tertiary/aromatic N) is 1. The summed E-state index contributed by atoms with van der Waals surface area (Å²) in [6.07, 6.45) is 7.78. The highest BCUT2D eigenvalue weighted by molar-refractivity contribution is 5.39. The van der Waals surface area contributed by atoms with Gasteiger partial charge in [-0.05, 0) is 24.7 Å². The number of aromatic amines is 1. The number of nitrogens with one attached hydrogen (secondary N) is 2. The zero-order chi connectivity index (χ0) is 9.97. The molecule has 0 amide bonds. The van der Waals surface area contributed by atoms with Gasteiger partial charge in [-0.15, -0.1) is 0 Å². The van der Waals surface area contributed by atoms with Crippen LogP contribution >= 0.6 is 0 Å². The monoisotopic (exact) mass is 193 g/mol. The second kappa shape index (κ2) is 4.03. The average molecular weight is 193 g/mol. The van der Waals surface area contributed by atoms with Crippen LogP contribution in [-0.4, -0.2) is 16.2 Å². The molecule has 0 bridgehead atoms. The van der Waals surface area contributed by atoms with Gasteiger partial charge in [-0.2, -0.15) is 5.10 Å². The van der Waals surface area contributed by atoms with E-state index in [1.165, 1.54) is 19.3 Å². The maximum absolute atomic E-state index is 3.94. The van der Waals surface area contributed by atoms with Crippen molar-refractivity contribution in [1.82, 2.24) is 10.2 Å². The van der Waals surface area contributed by atoms with Crippen LogP contribution in [0.1, 0.15) is 33.1 Å². The van der Waals surface area contributed by atoms with Crippen LogP contribution in [0.5, 0.6) is 0 Å². The molecule has 1 saturated carbocycles. The Morgan fingerprint density at radius 2 is 2.29 bits per heavy atom. The molecule has 3 unspecified atom stereocenters. The molecular weight excluding hydrogens is 174 g/mol. The van der Waals surface area contributed by atoms with E-state index in [4.69, 9.17) is 0 Å². The molecule has 1 aliphatic carbocycles. The minimum absolute atomic E-state index is 0.622. The lowest BCUT2D eigenvalue weighted by Gasteiger charge is -2.33. The van der Waals surface area contributed by atoms with E-state index in [2.05, 4.69) is 29.4 Å². The first-order valence-corrected chi connectivity index (χ1v) is 5.51. The van der Waals surface area contributed by atoms with Crippen LogP contribution in [0.2, 0.25) is 0 Å². The molecule has 0 radical (unpaired) electrons. The standard InChI is InChI=1S/C11H19N3/c1-8-3-4-9(2)11(5-8)14-10-6-12-13-7-10/h6-9,11,14H,3-5H2,1-2H3,(H,12,13). The zero-order valence-corrected chi connectivity index (χ0v) is 8.96. The summed E-state index contributed by atoms with van der Waals surface area (Å²) in [6.45, 7) is 4.68. The van der Waals surface area contributed by atoms with Crippen molar-refractivity contribution < 1.29 is 0 Å². The van der Waals surface area contributed by atoms with E-state index in [0.717, 1.165) is 17.5 Å². The predicted molar refractivity (Wildman–Crippen MR) is 58.2 cm³/mol. The van der Waals surface area contributed by atoms with Crippen LogP contribution in [0, 0.1) is 11.8 Å². The van der Waals surface area contributed by atoms with E-state index in [1.54, 1.807) is 0 Å². The van der Waals surface area contributed by atoms with Crippen molar-refractivity contribution in [3.8, 4) is 0 Å². The Morgan fingerprint density at radius 1 is 1.43 bits per heavy atom. The summed E-state index contributed by atoms with van der Waals surface area (Å²) in [5.41, 5.74) is 1.12. The lowest BCUT2D eigenvalue weighted by Crippen LogP contribution is -2.33. The molecule has 0 aliphatic heterocycles. The van der Waals surface area contributed by atoms with Gasteiger partial charge >= 0.3 is 0 Å². The molecule has 2 rings (SSSR count). The Morgan fingerprint density at radius 3 is 3.00 bits per heavy atom. The zero-order valence-electron chi connectivity index (χ0n) is 8.96. The van der Waals surface area contributed by atoms with E-state index < -0.39 is 0 Å². The molecule has 78 valence electrons. The maximum atomic E-state index is 3.94. The second-order valence-electron chi connectivity index (χ2n) is 4.63. The lowest BCUT2D eigenvalue weighted by molar-refractivity contribution is 0.281. The normalized spacial score (nSPS) is 32.9. The SMILES string of the molecule is CC1CCC(C)C(Nc2cn[nH]c2)C1. The highest BCUT2D eigenvalue weighted by atomic mass is 15.1. The van der Waals surface area contributed by atoms with Crippen molar-refractivity contribution in [3.63, 3.8) is 0 Å². The van der Waals surface area contributed by atoms with Crippen molar-refractivity contribution in [2.24, 2.45) is 11.8 Å². The summed E-state index contributed by atoms with van der Waals surface area (Å²) in [4.78, 5) is 0. The Hall–Kier alpha value is -0.990. The first kappa shape index (κ1) is 9.56. The first-order chi connectivity index (χ1) is 6.75. The van der Waals surface area contributed by atoms with Gasteiger partial charge < -0.3 is 5.32 Å². The van der Waals surface area contributed by atoms with Gasteiger partial charge in [0.1, 0.15) is 0 Å². The number of anilines is 1. The van der Waals surface area contributed by atoms with Crippen LogP contribution in [0.3, 0.4) is 0 Å². The van der Waals surface area contributed by atoms with Crippen molar-refractivity contribution in [2.75, 3.05) is 5.32 Å². The Labute approximate surface area is 85.3 Å². The molecule has 3 heteroatoms. The first-order valence-electron chi connectivity index (χ1n) is 5.51. The number of aromatic nitrogens is 2. The summed E-state index contributed by atoms with van der Waals surface area (Å²) in [6, 6.07) is 0.622. The predicted octanol–water partition coefficient (Wildman–Crippen LogP) is 2.65. The van der Waals surface area contributed by atoms with Gasteiger partial charge in [0.2, 0.25) is 0 Å². The van der Waals surface area contributed by atoms with Crippen LogP contribution in [0.4, 0.5) is 5.69 Å². The fourth-order valence-electron chi connectivity index (χ4n) is 2.28. The molecule has 3 atom stereocenters. The van der Waals surface area contributed by atoms with Crippen molar-refractivity contribution in [3.05, 3.63) is 12.4 Å². The number of H-pyrrole nitrogens is 1. The molecule has 2 N–H and O–H groups in total. The molecule has 1 aromatic heterocycles. The second-order valence-corrected chi connectivity index (χ2v) is 4.63. The largest absolute Gasteiger partial charge is 0.380 e. The molecule has 1 aromatic rings. The fraction of sp³-hybridized carbons (Fsp3) is 0.727. The van der Waals surface area contributed by atoms with E-state index in [0.29, 0.717) is 6.04 Å². The third kappa shape index (κ3) is 2.08. The fourth-order valence-corrected chi connectivity index (χ4v) is 2.28. The molecular formula is C11H19N3. The average Bonchev–Trinajstić information content (AvgIpc) is 2.64.